The van der Waals surface area contributed by atoms with Gasteiger partial charge in [0.25, 0.3) is 0 Å². The molecule has 0 radical (unpaired) electrons. The van der Waals surface area contributed by atoms with E-state index in [2.05, 4.69) is 25.3 Å². The van der Waals surface area contributed by atoms with Crippen molar-refractivity contribution < 1.29 is 17.9 Å². The van der Waals surface area contributed by atoms with Crippen LogP contribution in [0.2, 0.25) is 0 Å². The van der Waals surface area contributed by atoms with Crippen molar-refractivity contribution in [2.24, 2.45) is 7.05 Å². The molecule has 0 bridgehead atoms. The Morgan fingerprint density at radius 2 is 1.95 bits per heavy atom. The molecule has 3 N–H and O–H groups in total. The van der Waals surface area contributed by atoms with Gasteiger partial charge in [-0.3, -0.25) is 14.0 Å². The number of piperazine rings is 1. The molecular formula is C27H30F2N10O3. The van der Waals surface area contributed by atoms with E-state index in [0.29, 0.717) is 85.6 Å². The van der Waals surface area contributed by atoms with Gasteiger partial charge in [0.15, 0.2) is 23.2 Å². The molecule has 2 aliphatic heterocycles. The molecule has 42 heavy (non-hydrogen) atoms. The van der Waals surface area contributed by atoms with Gasteiger partial charge in [-0.25, -0.2) is 18.6 Å². The van der Waals surface area contributed by atoms with Crippen molar-refractivity contribution >= 4 is 28.4 Å². The second-order valence-corrected chi connectivity index (χ2v) is 10.6. The Balaban J connectivity index is 1.04. The Kier molecular flexibility index (Phi) is 6.54. The lowest BCUT2D eigenvalue weighted by molar-refractivity contribution is 0.139. The van der Waals surface area contributed by atoms with Gasteiger partial charge in [-0.2, -0.15) is 9.50 Å². The highest BCUT2D eigenvalue weighted by molar-refractivity contribution is 5.88. The topological polar surface area (TPSA) is 137 Å². The van der Waals surface area contributed by atoms with Crippen LogP contribution in [0.5, 0.6) is 5.75 Å². The van der Waals surface area contributed by atoms with Gasteiger partial charge in [0.05, 0.1) is 12.0 Å². The highest BCUT2D eigenvalue weighted by atomic mass is 19.1. The number of nitrogens with one attached hydrogen (secondary N) is 1. The molecule has 1 aromatic carbocycles. The second-order valence-electron chi connectivity index (χ2n) is 10.6. The number of benzene rings is 1. The first-order valence-corrected chi connectivity index (χ1v) is 13.8. The van der Waals surface area contributed by atoms with Crippen molar-refractivity contribution in [3.63, 3.8) is 0 Å². The summed E-state index contributed by atoms with van der Waals surface area (Å²) in [4.78, 5) is 26.5. The minimum Gasteiger partial charge on any atom is -0.486 e. The number of rotatable bonds is 7. The summed E-state index contributed by atoms with van der Waals surface area (Å²) in [5, 5.41) is 7.34. The maximum absolute atomic E-state index is 15.0. The zero-order valence-electron chi connectivity index (χ0n) is 22.9. The van der Waals surface area contributed by atoms with Crippen LogP contribution in [0, 0.1) is 5.82 Å². The molecule has 0 amide bonds. The third-order valence-corrected chi connectivity index (χ3v) is 7.97. The van der Waals surface area contributed by atoms with Gasteiger partial charge in [-0.05, 0) is 24.3 Å². The summed E-state index contributed by atoms with van der Waals surface area (Å²) >= 11 is 0. The van der Waals surface area contributed by atoms with Gasteiger partial charge < -0.3 is 25.1 Å². The minimum atomic E-state index is -1.11. The number of ether oxygens (including phenoxy) is 1. The zero-order valence-corrected chi connectivity index (χ0v) is 22.9. The molecule has 2 atom stereocenters. The van der Waals surface area contributed by atoms with Crippen molar-refractivity contribution in [3.8, 4) is 17.3 Å². The van der Waals surface area contributed by atoms with Gasteiger partial charge in [0.1, 0.15) is 23.2 Å². The normalized spacial score (nSPS) is 19.8. The largest absolute Gasteiger partial charge is 0.486 e. The average Bonchev–Trinajstić information content (AvgIpc) is 3.78. The smallest absolute Gasteiger partial charge is 0.330 e. The number of hydrogen-bond donors (Lipinski definition) is 2. The predicted molar refractivity (Wildman–Crippen MR) is 151 cm³/mol. The second kappa shape index (κ2) is 10.4. The number of nitrogens with zero attached hydrogens (tertiary/aromatic N) is 8. The molecule has 7 rings (SSSR count). The number of fused-ring (bicyclic) bond motifs is 3. The number of nitrogens with two attached hydrogens (primary N) is 1. The van der Waals surface area contributed by atoms with Gasteiger partial charge in [-0.1, -0.05) is 0 Å². The number of aromatic nitrogens is 6. The van der Waals surface area contributed by atoms with Gasteiger partial charge in [-0.15, -0.1) is 5.10 Å². The van der Waals surface area contributed by atoms with Crippen LogP contribution >= 0.6 is 0 Å². The van der Waals surface area contributed by atoms with E-state index in [-0.39, 0.29) is 18.2 Å². The van der Waals surface area contributed by atoms with E-state index >= 15 is 0 Å². The zero-order chi connectivity index (χ0) is 29.0. The lowest BCUT2D eigenvalue weighted by atomic mass is 10.2. The molecule has 0 saturated carbocycles. The first-order chi connectivity index (χ1) is 20.4. The Hall–Kier alpha value is -4.50. The fourth-order valence-corrected chi connectivity index (χ4v) is 5.69. The molecule has 220 valence electrons. The van der Waals surface area contributed by atoms with E-state index in [4.69, 9.17) is 14.9 Å². The van der Waals surface area contributed by atoms with Crippen LogP contribution in [-0.4, -0.2) is 91.7 Å². The van der Waals surface area contributed by atoms with Gasteiger partial charge in [0.2, 0.25) is 11.8 Å². The lowest BCUT2D eigenvalue weighted by Gasteiger charge is -2.36. The molecule has 0 aliphatic carbocycles. The van der Waals surface area contributed by atoms with E-state index in [0.717, 1.165) is 0 Å². The number of imidazole rings is 1. The van der Waals surface area contributed by atoms with E-state index in [9.17, 15) is 13.6 Å². The van der Waals surface area contributed by atoms with Crippen LogP contribution in [0.4, 0.5) is 20.4 Å². The van der Waals surface area contributed by atoms with Crippen molar-refractivity contribution in [2.45, 2.75) is 18.8 Å². The third kappa shape index (κ3) is 4.54. The van der Waals surface area contributed by atoms with E-state index < -0.39 is 18.1 Å². The van der Waals surface area contributed by atoms with Crippen LogP contribution in [-0.2, 0) is 13.6 Å². The van der Waals surface area contributed by atoms with Gasteiger partial charge >= 0.3 is 5.69 Å². The van der Waals surface area contributed by atoms with Crippen LogP contribution in [0.15, 0.2) is 45.8 Å². The number of furan rings is 1. The highest BCUT2D eigenvalue weighted by Gasteiger charge is 2.29. The van der Waals surface area contributed by atoms with Crippen molar-refractivity contribution in [1.29, 1.82) is 0 Å². The monoisotopic (exact) mass is 580 g/mol. The summed E-state index contributed by atoms with van der Waals surface area (Å²) in [6.45, 7) is 4.23. The Morgan fingerprint density at radius 1 is 1.12 bits per heavy atom. The van der Waals surface area contributed by atoms with Crippen LogP contribution in [0.3, 0.4) is 0 Å². The standard InChI is InChI=1S/C27H30F2N10O3/c1-35-22-24(33-26(30)39-25(22)32-23(34-39)20-3-2-12-41-20)38(27(35)40)11-8-36-6-9-37(10-7-36)19-5-4-16(13-17(19)28)42-21-15-31-14-18(21)29/h2-5,12-13,18,21,31H,6-11,14-15H2,1H3,(H2,30,33)/t18-,21+/m1/s1. The third-order valence-electron chi connectivity index (χ3n) is 7.97. The quantitative estimate of drug-likeness (QED) is 0.290. The number of aryl methyl sites for hydroxylation is 1. The summed E-state index contributed by atoms with van der Waals surface area (Å²) in [6.07, 6.45) is -0.187. The number of anilines is 2. The molecule has 2 aliphatic rings. The molecular weight excluding hydrogens is 550 g/mol. The molecule has 4 aromatic heterocycles. The fourth-order valence-electron chi connectivity index (χ4n) is 5.69. The Morgan fingerprint density at radius 3 is 2.67 bits per heavy atom. The average molecular weight is 581 g/mol. The van der Waals surface area contributed by atoms with Crippen LogP contribution < -0.4 is 26.4 Å². The highest BCUT2D eigenvalue weighted by Crippen LogP contribution is 2.27. The summed E-state index contributed by atoms with van der Waals surface area (Å²) in [6, 6.07) is 8.18. The van der Waals surface area contributed by atoms with Gasteiger partial charge in [0, 0.05) is 65.5 Å². The van der Waals surface area contributed by atoms with E-state index in [1.807, 2.05) is 4.90 Å². The maximum Gasteiger partial charge on any atom is 0.330 e. The van der Waals surface area contributed by atoms with E-state index in [1.54, 1.807) is 35.9 Å². The summed E-state index contributed by atoms with van der Waals surface area (Å²) in [5.74, 6) is 0.858. The van der Waals surface area contributed by atoms with Crippen molar-refractivity contribution in [3.05, 3.63) is 52.9 Å². The molecule has 13 nitrogen and oxygen atoms in total. The minimum absolute atomic E-state index is 0.110. The maximum atomic E-state index is 15.0. The van der Waals surface area contributed by atoms with Crippen LogP contribution in [0.25, 0.3) is 28.4 Å². The summed E-state index contributed by atoms with van der Waals surface area (Å²) in [5.41, 5.74) is 7.84. The molecule has 15 heteroatoms. The first kappa shape index (κ1) is 26.4. The summed E-state index contributed by atoms with van der Waals surface area (Å²) in [7, 11) is 1.67. The number of halogens is 2. The molecule has 0 unspecified atom stereocenters. The Labute approximate surface area is 238 Å². The molecule has 2 saturated heterocycles. The summed E-state index contributed by atoms with van der Waals surface area (Å²) < 4.78 is 44.4. The first-order valence-electron chi connectivity index (χ1n) is 13.8. The fraction of sp³-hybridized carbons (Fsp3) is 0.407. The Bertz CT molecular complexity index is 1810. The predicted octanol–water partition coefficient (Wildman–Crippen LogP) is 1.27. The molecule has 6 heterocycles. The van der Waals surface area contributed by atoms with E-state index in [1.165, 1.54) is 21.4 Å². The molecule has 2 fully saturated rings. The number of alkyl halides is 1. The van der Waals surface area contributed by atoms with Crippen molar-refractivity contribution in [2.75, 3.05) is 56.4 Å². The SMILES string of the molecule is Cn1c(=O)n(CCN2CCN(c3ccc(O[C@H]4CNC[C@H]4F)cc3F)CC2)c2nc(N)n3nc(-c4ccco4)nc3c21. The van der Waals surface area contributed by atoms with Crippen LogP contribution in [0.1, 0.15) is 0 Å². The molecule has 5 aromatic rings. The lowest BCUT2D eigenvalue weighted by Crippen LogP contribution is -2.47. The molecule has 0 spiro atoms. The van der Waals surface area contributed by atoms with Crippen molar-refractivity contribution in [1.82, 2.24) is 38.9 Å². The number of hydrogen-bond acceptors (Lipinski definition) is 10. The number of nitrogen functional groups attached to an aromatic ring is 1.